The molecule has 2 unspecified atom stereocenters. The van der Waals surface area contributed by atoms with Crippen molar-refractivity contribution in [3.8, 4) is 0 Å². The smallest absolute Gasteiger partial charge is 0.223 e. The van der Waals surface area contributed by atoms with E-state index in [1.807, 2.05) is 25.2 Å². The predicted octanol–water partition coefficient (Wildman–Crippen LogP) is 2.83. The van der Waals surface area contributed by atoms with Crippen molar-refractivity contribution in [2.45, 2.75) is 45.1 Å². The molecule has 0 bridgehead atoms. The maximum absolute atomic E-state index is 12.4. The number of hydrogen-bond acceptors (Lipinski definition) is 3. The molecule has 130 valence electrons. The van der Waals surface area contributed by atoms with Gasteiger partial charge in [0.1, 0.15) is 5.82 Å². The first-order chi connectivity index (χ1) is 11.7. The Bertz CT molecular complexity index is 693. The van der Waals surface area contributed by atoms with Crippen LogP contribution in [0.25, 0.3) is 11.0 Å². The Balaban J connectivity index is 1.52. The van der Waals surface area contributed by atoms with Crippen molar-refractivity contribution in [2.75, 3.05) is 13.2 Å². The number of benzene rings is 1. The van der Waals surface area contributed by atoms with E-state index in [9.17, 15) is 4.79 Å². The zero-order chi connectivity index (χ0) is 16.9. The average Bonchev–Trinajstić information content (AvgIpc) is 2.92. The van der Waals surface area contributed by atoms with Crippen molar-refractivity contribution in [3.05, 3.63) is 30.1 Å². The SMILES string of the molecule is CCCC1CC(C(=O)NCCc2nc3ccccc3n2C)CCO1. The molecule has 0 aliphatic carbocycles. The van der Waals surface area contributed by atoms with Crippen molar-refractivity contribution in [1.82, 2.24) is 14.9 Å². The summed E-state index contributed by atoms with van der Waals surface area (Å²) in [5.74, 6) is 1.27. The van der Waals surface area contributed by atoms with Crippen molar-refractivity contribution in [1.29, 1.82) is 0 Å². The molecule has 1 amide bonds. The van der Waals surface area contributed by atoms with E-state index in [2.05, 4.69) is 27.9 Å². The fourth-order valence-electron chi connectivity index (χ4n) is 3.50. The first-order valence-corrected chi connectivity index (χ1v) is 8.98. The second-order valence-corrected chi connectivity index (χ2v) is 6.62. The van der Waals surface area contributed by atoms with Gasteiger partial charge in [-0.1, -0.05) is 25.5 Å². The molecular weight excluding hydrogens is 302 g/mol. The number of amides is 1. The third-order valence-electron chi connectivity index (χ3n) is 4.88. The Hall–Kier alpha value is -1.88. The van der Waals surface area contributed by atoms with Gasteiger partial charge in [-0.15, -0.1) is 0 Å². The van der Waals surface area contributed by atoms with E-state index in [1.54, 1.807) is 0 Å². The van der Waals surface area contributed by atoms with E-state index in [4.69, 9.17) is 4.74 Å². The lowest BCUT2D eigenvalue weighted by atomic mass is 9.93. The molecule has 1 saturated heterocycles. The van der Waals surface area contributed by atoms with E-state index < -0.39 is 0 Å². The molecule has 1 fully saturated rings. The molecule has 2 aromatic rings. The number of ether oxygens (including phenoxy) is 1. The van der Waals surface area contributed by atoms with Gasteiger partial charge in [0.25, 0.3) is 0 Å². The van der Waals surface area contributed by atoms with Gasteiger partial charge in [0.05, 0.1) is 17.1 Å². The molecule has 1 aliphatic heterocycles. The number of para-hydroxylation sites is 2. The summed E-state index contributed by atoms with van der Waals surface area (Å²) in [6.45, 7) is 3.49. The maximum Gasteiger partial charge on any atom is 0.223 e. The Morgan fingerprint density at radius 1 is 1.42 bits per heavy atom. The normalized spacial score (nSPS) is 21.1. The zero-order valence-electron chi connectivity index (χ0n) is 14.6. The number of aromatic nitrogens is 2. The molecule has 0 radical (unpaired) electrons. The summed E-state index contributed by atoms with van der Waals surface area (Å²) in [5.41, 5.74) is 2.14. The Kier molecular flexibility index (Phi) is 5.51. The Morgan fingerprint density at radius 2 is 2.25 bits per heavy atom. The van der Waals surface area contributed by atoms with Crippen LogP contribution in [0.15, 0.2) is 24.3 Å². The second kappa shape index (κ2) is 7.79. The van der Waals surface area contributed by atoms with E-state index in [-0.39, 0.29) is 17.9 Å². The third-order valence-corrected chi connectivity index (χ3v) is 4.88. The molecule has 3 rings (SSSR count). The summed E-state index contributed by atoms with van der Waals surface area (Å²) in [7, 11) is 2.03. The van der Waals surface area contributed by atoms with Gasteiger partial charge in [0, 0.05) is 32.5 Å². The van der Waals surface area contributed by atoms with Crippen LogP contribution in [-0.4, -0.2) is 34.7 Å². The average molecular weight is 329 g/mol. The number of carbonyl (C=O) groups excluding carboxylic acids is 1. The van der Waals surface area contributed by atoms with Crippen LogP contribution in [0.1, 0.15) is 38.4 Å². The second-order valence-electron chi connectivity index (χ2n) is 6.62. The van der Waals surface area contributed by atoms with Crippen molar-refractivity contribution >= 4 is 16.9 Å². The van der Waals surface area contributed by atoms with Gasteiger partial charge in [0.2, 0.25) is 5.91 Å². The number of aryl methyl sites for hydroxylation is 1. The summed E-state index contributed by atoms with van der Waals surface area (Å²) in [6.07, 6.45) is 4.83. The van der Waals surface area contributed by atoms with Crippen LogP contribution in [0.5, 0.6) is 0 Å². The summed E-state index contributed by atoms with van der Waals surface area (Å²) in [6, 6.07) is 8.11. The van der Waals surface area contributed by atoms with Crippen LogP contribution >= 0.6 is 0 Å². The minimum Gasteiger partial charge on any atom is -0.378 e. The monoisotopic (exact) mass is 329 g/mol. The lowest BCUT2D eigenvalue weighted by Gasteiger charge is -2.28. The van der Waals surface area contributed by atoms with Crippen LogP contribution in [0, 0.1) is 5.92 Å². The van der Waals surface area contributed by atoms with Crippen LogP contribution in [0.2, 0.25) is 0 Å². The molecule has 2 atom stereocenters. The number of fused-ring (bicyclic) bond motifs is 1. The number of nitrogens with zero attached hydrogens (tertiary/aromatic N) is 2. The molecule has 1 aliphatic rings. The zero-order valence-corrected chi connectivity index (χ0v) is 14.6. The molecule has 5 nitrogen and oxygen atoms in total. The summed E-state index contributed by atoms with van der Waals surface area (Å²) in [5, 5.41) is 3.09. The highest BCUT2D eigenvalue weighted by molar-refractivity contribution is 5.79. The minimum absolute atomic E-state index is 0.0933. The number of nitrogens with one attached hydrogen (secondary N) is 1. The first kappa shape index (κ1) is 17.0. The molecular formula is C19H27N3O2. The molecule has 2 heterocycles. The van der Waals surface area contributed by atoms with Crippen LogP contribution in [-0.2, 0) is 23.0 Å². The van der Waals surface area contributed by atoms with Gasteiger partial charge in [-0.3, -0.25) is 4.79 Å². The topological polar surface area (TPSA) is 56.2 Å². The maximum atomic E-state index is 12.4. The number of hydrogen-bond donors (Lipinski definition) is 1. The molecule has 1 aromatic carbocycles. The molecule has 24 heavy (non-hydrogen) atoms. The molecule has 5 heteroatoms. The quantitative estimate of drug-likeness (QED) is 0.886. The van der Waals surface area contributed by atoms with Crippen LogP contribution in [0.4, 0.5) is 0 Å². The highest BCUT2D eigenvalue weighted by atomic mass is 16.5. The van der Waals surface area contributed by atoms with E-state index in [1.165, 1.54) is 0 Å². The Labute approximate surface area is 143 Å². The van der Waals surface area contributed by atoms with Crippen molar-refractivity contribution in [2.24, 2.45) is 13.0 Å². The van der Waals surface area contributed by atoms with Gasteiger partial charge >= 0.3 is 0 Å². The number of rotatable bonds is 6. The van der Waals surface area contributed by atoms with Crippen molar-refractivity contribution in [3.63, 3.8) is 0 Å². The largest absolute Gasteiger partial charge is 0.378 e. The molecule has 1 N–H and O–H groups in total. The van der Waals surface area contributed by atoms with Crippen LogP contribution < -0.4 is 5.32 Å². The van der Waals surface area contributed by atoms with Gasteiger partial charge in [-0.05, 0) is 31.4 Å². The van der Waals surface area contributed by atoms with E-state index >= 15 is 0 Å². The van der Waals surface area contributed by atoms with E-state index in [0.29, 0.717) is 13.2 Å². The predicted molar refractivity (Wildman–Crippen MR) is 94.8 cm³/mol. The number of carbonyl (C=O) groups is 1. The molecule has 1 aromatic heterocycles. The van der Waals surface area contributed by atoms with Gasteiger partial charge in [-0.2, -0.15) is 0 Å². The van der Waals surface area contributed by atoms with Crippen molar-refractivity contribution < 1.29 is 9.53 Å². The Morgan fingerprint density at radius 3 is 3.04 bits per heavy atom. The first-order valence-electron chi connectivity index (χ1n) is 8.98. The van der Waals surface area contributed by atoms with Gasteiger partial charge in [0.15, 0.2) is 0 Å². The highest BCUT2D eigenvalue weighted by Gasteiger charge is 2.27. The van der Waals surface area contributed by atoms with Crippen LogP contribution in [0.3, 0.4) is 0 Å². The highest BCUT2D eigenvalue weighted by Crippen LogP contribution is 2.23. The molecule has 0 saturated carbocycles. The van der Waals surface area contributed by atoms with Gasteiger partial charge in [-0.25, -0.2) is 4.98 Å². The van der Waals surface area contributed by atoms with E-state index in [0.717, 1.165) is 49.0 Å². The fourth-order valence-corrected chi connectivity index (χ4v) is 3.50. The summed E-state index contributed by atoms with van der Waals surface area (Å²) >= 11 is 0. The van der Waals surface area contributed by atoms with Gasteiger partial charge < -0.3 is 14.6 Å². The standard InChI is InChI=1S/C19H27N3O2/c1-3-6-15-13-14(10-12-24-15)19(23)20-11-9-18-21-16-7-4-5-8-17(16)22(18)2/h4-5,7-8,14-15H,3,6,9-13H2,1-2H3,(H,20,23). The fraction of sp³-hybridized carbons (Fsp3) is 0.579. The lowest BCUT2D eigenvalue weighted by molar-refractivity contribution is -0.130. The molecule has 0 spiro atoms. The number of imidazole rings is 1. The minimum atomic E-state index is 0.0933. The summed E-state index contributed by atoms with van der Waals surface area (Å²) < 4.78 is 7.83. The summed E-state index contributed by atoms with van der Waals surface area (Å²) in [4.78, 5) is 17.1. The lowest BCUT2D eigenvalue weighted by Crippen LogP contribution is -2.38. The third kappa shape index (κ3) is 3.78.